The monoisotopic (exact) mass is 295 g/mol. The molecule has 9 heteroatoms. The van der Waals surface area contributed by atoms with Gasteiger partial charge in [0, 0.05) is 11.8 Å². The first-order valence-corrected chi connectivity index (χ1v) is 5.87. The van der Waals surface area contributed by atoms with Crippen molar-refractivity contribution in [3.05, 3.63) is 48.0 Å². The maximum atomic E-state index is 12.7. The molecule has 0 bridgehead atoms. The van der Waals surface area contributed by atoms with Gasteiger partial charge in [0.1, 0.15) is 6.54 Å². The van der Waals surface area contributed by atoms with Crippen LogP contribution >= 0.6 is 0 Å². The molecule has 6 nitrogen and oxygen atoms in total. The van der Waals surface area contributed by atoms with Crippen molar-refractivity contribution in [2.75, 3.05) is 0 Å². The summed E-state index contributed by atoms with van der Waals surface area (Å²) in [5, 5.41) is 11.1. The Balaban J connectivity index is 1.86. The lowest BCUT2D eigenvalue weighted by molar-refractivity contribution is -0.137. The Morgan fingerprint density at radius 2 is 2.10 bits per heavy atom. The molecule has 0 amide bonds. The molecule has 0 aliphatic carbocycles. The summed E-state index contributed by atoms with van der Waals surface area (Å²) in [5.41, 5.74) is -0.557. The quantitative estimate of drug-likeness (QED) is 0.742. The van der Waals surface area contributed by atoms with Gasteiger partial charge in [0.15, 0.2) is 5.82 Å². The maximum absolute atomic E-state index is 12.7. The number of hydrogen-bond donors (Lipinski definition) is 0. The molecule has 0 N–H and O–H groups in total. The van der Waals surface area contributed by atoms with Gasteiger partial charge >= 0.3 is 6.18 Å². The molecule has 0 saturated heterocycles. The second-order valence-electron chi connectivity index (χ2n) is 4.19. The average Bonchev–Trinajstić information content (AvgIpc) is 3.10. The Hall–Kier alpha value is -2.71. The predicted molar refractivity (Wildman–Crippen MR) is 63.9 cm³/mol. The summed E-state index contributed by atoms with van der Waals surface area (Å²) in [6.45, 7) is 0.225. The standard InChI is InChI=1S/C12H8F3N5O/c13-12(14,15)9-3-1-2-8(6-9)11-17-10(18-21-11)7-20-5-4-16-19-20/h1-6H,7H2. The Morgan fingerprint density at radius 1 is 1.24 bits per heavy atom. The Labute approximate surface area is 116 Å². The Bertz CT molecular complexity index is 735. The smallest absolute Gasteiger partial charge is 0.334 e. The minimum Gasteiger partial charge on any atom is -0.334 e. The highest BCUT2D eigenvalue weighted by Gasteiger charge is 2.30. The fraction of sp³-hybridized carbons (Fsp3) is 0.167. The molecule has 0 fully saturated rings. The average molecular weight is 295 g/mol. The second kappa shape index (κ2) is 5.00. The summed E-state index contributed by atoms with van der Waals surface area (Å²) >= 11 is 0. The number of benzene rings is 1. The van der Waals surface area contributed by atoms with E-state index in [1.165, 1.54) is 23.0 Å². The highest BCUT2D eigenvalue weighted by molar-refractivity contribution is 5.54. The molecule has 0 unspecified atom stereocenters. The van der Waals surface area contributed by atoms with E-state index in [2.05, 4.69) is 20.5 Å². The van der Waals surface area contributed by atoms with Crippen molar-refractivity contribution in [1.29, 1.82) is 0 Å². The summed E-state index contributed by atoms with van der Waals surface area (Å²) < 4.78 is 44.4. The van der Waals surface area contributed by atoms with E-state index in [4.69, 9.17) is 4.52 Å². The normalized spacial score (nSPS) is 11.8. The van der Waals surface area contributed by atoms with Gasteiger partial charge in [-0.2, -0.15) is 18.2 Å². The van der Waals surface area contributed by atoms with Crippen molar-refractivity contribution in [3.63, 3.8) is 0 Å². The van der Waals surface area contributed by atoms with Crippen LogP contribution in [-0.4, -0.2) is 25.1 Å². The molecule has 108 valence electrons. The molecule has 0 radical (unpaired) electrons. The zero-order valence-corrected chi connectivity index (χ0v) is 10.4. The van der Waals surface area contributed by atoms with Crippen molar-refractivity contribution in [1.82, 2.24) is 25.1 Å². The number of hydrogen-bond acceptors (Lipinski definition) is 5. The van der Waals surface area contributed by atoms with Crippen LogP contribution in [0.4, 0.5) is 13.2 Å². The van der Waals surface area contributed by atoms with Crippen molar-refractivity contribution >= 4 is 0 Å². The lowest BCUT2D eigenvalue weighted by Gasteiger charge is -2.06. The van der Waals surface area contributed by atoms with E-state index in [1.807, 2.05) is 0 Å². The van der Waals surface area contributed by atoms with Gasteiger partial charge in [-0.25, -0.2) is 4.68 Å². The molecule has 2 aromatic heterocycles. The zero-order chi connectivity index (χ0) is 14.9. The molecule has 0 aliphatic heterocycles. The van der Waals surface area contributed by atoms with Gasteiger partial charge in [0.05, 0.1) is 11.8 Å². The lowest BCUT2D eigenvalue weighted by Crippen LogP contribution is -2.04. The van der Waals surface area contributed by atoms with Crippen LogP contribution in [0.3, 0.4) is 0 Å². The minimum atomic E-state index is -4.42. The molecule has 0 aliphatic rings. The van der Waals surface area contributed by atoms with Crippen LogP contribution < -0.4 is 0 Å². The molecule has 1 aromatic carbocycles. The summed E-state index contributed by atoms with van der Waals surface area (Å²) in [6.07, 6.45) is -1.31. The second-order valence-corrected chi connectivity index (χ2v) is 4.19. The summed E-state index contributed by atoms with van der Waals surface area (Å²) in [6, 6.07) is 4.71. The van der Waals surface area contributed by atoms with Gasteiger partial charge in [-0.15, -0.1) is 5.10 Å². The fourth-order valence-corrected chi connectivity index (χ4v) is 1.73. The molecule has 21 heavy (non-hydrogen) atoms. The van der Waals surface area contributed by atoms with Crippen molar-refractivity contribution < 1.29 is 17.7 Å². The number of halogens is 3. The van der Waals surface area contributed by atoms with E-state index < -0.39 is 11.7 Å². The van der Waals surface area contributed by atoms with E-state index in [1.54, 1.807) is 6.20 Å². The Kier molecular flexibility index (Phi) is 3.16. The highest BCUT2D eigenvalue weighted by Crippen LogP contribution is 2.31. The summed E-state index contributed by atoms with van der Waals surface area (Å²) in [5.74, 6) is 0.323. The van der Waals surface area contributed by atoms with E-state index in [0.29, 0.717) is 5.82 Å². The first-order valence-electron chi connectivity index (χ1n) is 5.87. The molecule has 3 aromatic rings. The van der Waals surface area contributed by atoms with Crippen LogP contribution in [0.25, 0.3) is 11.5 Å². The third-order valence-electron chi connectivity index (χ3n) is 2.68. The predicted octanol–water partition coefficient (Wildman–Crippen LogP) is 2.40. The minimum absolute atomic E-state index is 0.0243. The first kappa shape index (κ1) is 13.3. The van der Waals surface area contributed by atoms with Crippen molar-refractivity contribution in [2.45, 2.75) is 12.7 Å². The molecule has 3 rings (SSSR count). The number of aromatic nitrogens is 5. The van der Waals surface area contributed by atoms with Gasteiger partial charge in [-0.1, -0.05) is 16.4 Å². The Morgan fingerprint density at radius 3 is 2.81 bits per heavy atom. The van der Waals surface area contributed by atoms with Crippen LogP contribution in [0.1, 0.15) is 11.4 Å². The number of rotatable bonds is 3. The fourth-order valence-electron chi connectivity index (χ4n) is 1.73. The number of alkyl halides is 3. The summed E-state index contributed by atoms with van der Waals surface area (Å²) in [4.78, 5) is 4.04. The van der Waals surface area contributed by atoms with Crippen LogP contribution in [0.15, 0.2) is 41.2 Å². The van der Waals surface area contributed by atoms with Crippen LogP contribution in [0.5, 0.6) is 0 Å². The first-order chi connectivity index (χ1) is 10.0. The third kappa shape index (κ3) is 2.91. The SMILES string of the molecule is FC(F)(F)c1cccc(-c2nc(Cn3ccnn3)no2)c1. The lowest BCUT2D eigenvalue weighted by atomic mass is 10.1. The van der Waals surface area contributed by atoms with Crippen molar-refractivity contribution in [2.24, 2.45) is 0 Å². The van der Waals surface area contributed by atoms with Gasteiger partial charge < -0.3 is 4.52 Å². The zero-order valence-electron chi connectivity index (χ0n) is 10.4. The summed E-state index contributed by atoms with van der Waals surface area (Å²) in [7, 11) is 0. The molecule has 0 saturated carbocycles. The van der Waals surface area contributed by atoms with E-state index in [0.717, 1.165) is 12.1 Å². The maximum Gasteiger partial charge on any atom is 0.416 e. The van der Waals surface area contributed by atoms with Crippen LogP contribution in [-0.2, 0) is 12.7 Å². The van der Waals surface area contributed by atoms with Gasteiger partial charge in [-0.3, -0.25) is 0 Å². The van der Waals surface area contributed by atoms with Crippen LogP contribution in [0, 0.1) is 0 Å². The topological polar surface area (TPSA) is 69.6 Å². The molecule has 2 heterocycles. The number of nitrogens with zero attached hydrogens (tertiary/aromatic N) is 5. The van der Waals surface area contributed by atoms with E-state index in [9.17, 15) is 13.2 Å². The van der Waals surface area contributed by atoms with Crippen molar-refractivity contribution in [3.8, 4) is 11.5 Å². The third-order valence-corrected chi connectivity index (χ3v) is 2.68. The largest absolute Gasteiger partial charge is 0.416 e. The van der Waals surface area contributed by atoms with Crippen LogP contribution in [0.2, 0.25) is 0 Å². The molecular weight excluding hydrogens is 287 g/mol. The molecule has 0 spiro atoms. The highest BCUT2D eigenvalue weighted by atomic mass is 19.4. The van der Waals surface area contributed by atoms with E-state index >= 15 is 0 Å². The van der Waals surface area contributed by atoms with E-state index in [-0.39, 0.29) is 18.0 Å². The van der Waals surface area contributed by atoms with Gasteiger partial charge in [0.25, 0.3) is 5.89 Å². The molecule has 0 atom stereocenters. The van der Waals surface area contributed by atoms with Gasteiger partial charge in [0.2, 0.25) is 0 Å². The molecular formula is C12H8F3N5O. The van der Waals surface area contributed by atoms with Gasteiger partial charge in [-0.05, 0) is 18.2 Å².